The summed E-state index contributed by atoms with van der Waals surface area (Å²) >= 11 is 6.08. The SMILES string of the molecule is Clc1nc(N2CCCC3CCCCC32)c2cn[nH]c2n1. The molecule has 2 fully saturated rings. The molecule has 1 N–H and O–H groups in total. The summed E-state index contributed by atoms with van der Waals surface area (Å²) in [5, 5.41) is 8.28. The number of halogens is 1. The Labute approximate surface area is 122 Å². The third-order valence-corrected chi connectivity index (χ3v) is 4.95. The Balaban J connectivity index is 1.79. The van der Waals surface area contributed by atoms with Gasteiger partial charge in [0, 0.05) is 12.6 Å². The predicted octanol–water partition coefficient (Wildman–Crippen LogP) is 3.17. The molecule has 5 nitrogen and oxygen atoms in total. The quantitative estimate of drug-likeness (QED) is 0.820. The van der Waals surface area contributed by atoms with Crippen LogP contribution in [0.25, 0.3) is 11.0 Å². The molecule has 0 radical (unpaired) electrons. The number of piperidine rings is 1. The van der Waals surface area contributed by atoms with E-state index in [4.69, 9.17) is 11.6 Å². The molecule has 6 heteroatoms. The monoisotopic (exact) mass is 291 g/mol. The van der Waals surface area contributed by atoms with E-state index in [0.717, 1.165) is 29.3 Å². The van der Waals surface area contributed by atoms with Gasteiger partial charge in [-0.05, 0) is 43.2 Å². The van der Waals surface area contributed by atoms with Crippen molar-refractivity contribution in [3.8, 4) is 0 Å². The minimum atomic E-state index is 0.301. The van der Waals surface area contributed by atoms with Crippen molar-refractivity contribution in [3.63, 3.8) is 0 Å². The Bertz CT molecular complexity index is 623. The summed E-state index contributed by atoms with van der Waals surface area (Å²) < 4.78 is 0. The number of aromatic nitrogens is 4. The van der Waals surface area contributed by atoms with Crippen LogP contribution in [-0.4, -0.2) is 32.8 Å². The lowest BCUT2D eigenvalue weighted by molar-refractivity contribution is 0.243. The van der Waals surface area contributed by atoms with Crippen LogP contribution < -0.4 is 4.90 Å². The van der Waals surface area contributed by atoms with Crippen molar-refractivity contribution in [1.29, 1.82) is 0 Å². The van der Waals surface area contributed by atoms with Gasteiger partial charge in [0.15, 0.2) is 5.65 Å². The van der Waals surface area contributed by atoms with E-state index in [1.165, 1.54) is 38.5 Å². The molecule has 20 heavy (non-hydrogen) atoms. The fraction of sp³-hybridized carbons (Fsp3) is 0.643. The smallest absolute Gasteiger partial charge is 0.226 e. The lowest BCUT2D eigenvalue weighted by atomic mass is 9.78. The van der Waals surface area contributed by atoms with Crippen LogP contribution in [-0.2, 0) is 0 Å². The first-order valence-corrected chi connectivity index (χ1v) is 7.84. The van der Waals surface area contributed by atoms with Crippen LogP contribution in [0.15, 0.2) is 6.20 Å². The second-order valence-corrected chi connectivity index (χ2v) is 6.23. The Hall–Kier alpha value is -1.36. The first-order chi connectivity index (χ1) is 9.83. The molecule has 2 aromatic heterocycles. The van der Waals surface area contributed by atoms with E-state index in [-0.39, 0.29) is 0 Å². The van der Waals surface area contributed by atoms with E-state index in [1.54, 1.807) is 0 Å². The van der Waals surface area contributed by atoms with Crippen molar-refractivity contribution in [2.75, 3.05) is 11.4 Å². The maximum absolute atomic E-state index is 6.08. The number of hydrogen-bond donors (Lipinski definition) is 1. The van der Waals surface area contributed by atoms with Crippen LogP contribution in [0, 0.1) is 5.92 Å². The van der Waals surface area contributed by atoms with Gasteiger partial charge in [-0.3, -0.25) is 5.10 Å². The average Bonchev–Trinajstić information content (AvgIpc) is 2.94. The van der Waals surface area contributed by atoms with Crippen LogP contribution >= 0.6 is 11.6 Å². The molecule has 2 aliphatic rings. The second-order valence-electron chi connectivity index (χ2n) is 5.90. The number of aromatic amines is 1. The molecule has 4 rings (SSSR count). The highest BCUT2D eigenvalue weighted by molar-refractivity contribution is 6.28. The van der Waals surface area contributed by atoms with E-state index in [9.17, 15) is 0 Å². The van der Waals surface area contributed by atoms with Crippen LogP contribution in [0.5, 0.6) is 0 Å². The zero-order chi connectivity index (χ0) is 13.5. The summed E-state index contributed by atoms with van der Waals surface area (Å²) in [6.07, 6.45) is 9.73. The maximum atomic E-state index is 6.08. The molecule has 1 aliphatic carbocycles. The average molecular weight is 292 g/mol. The minimum Gasteiger partial charge on any atom is -0.353 e. The van der Waals surface area contributed by atoms with E-state index >= 15 is 0 Å². The number of H-pyrrole nitrogens is 1. The summed E-state index contributed by atoms with van der Waals surface area (Å²) in [4.78, 5) is 11.2. The zero-order valence-corrected chi connectivity index (χ0v) is 12.1. The maximum Gasteiger partial charge on any atom is 0.226 e. The van der Waals surface area contributed by atoms with Gasteiger partial charge >= 0.3 is 0 Å². The number of fused-ring (bicyclic) bond motifs is 2. The van der Waals surface area contributed by atoms with Gasteiger partial charge in [0.1, 0.15) is 5.82 Å². The van der Waals surface area contributed by atoms with Gasteiger partial charge in [-0.25, -0.2) is 0 Å². The Morgan fingerprint density at radius 3 is 2.95 bits per heavy atom. The lowest BCUT2D eigenvalue weighted by Gasteiger charge is -2.44. The first kappa shape index (κ1) is 12.4. The molecule has 3 heterocycles. The molecule has 1 aliphatic heterocycles. The molecule has 0 spiro atoms. The molecule has 2 aromatic rings. The molecular formula is C14H18ClN5. The highest BCUT2D eigenvalue weighted by Gasteiger charge is 2.34. The number of nitrogens with zero attached hydrogens (tertiary/aromatic N) is 4. The van der Waals surface area contributed by atoms with Crippen molar-refractivity contribution in [3.05, 3.63) is 11.5 Å². The second kappa shape index (κ2) is 4.88. The summed E-state index contributed by atoms with van der Waals surface area (Å²) in [7, 11) is 0. The van der Waals surface area contributed by atoms with Crippen LogP contribution in [0.2, 0.25) is 5.28 Å². The Morgan fingerprint density at radius 1 is 1.15 bits per heavy atom. The highest BCUT2D eigenvalue weighted by atomic mass is 35.5. The van der Waals surface area contributed by atoms with E-state index < -0.39 is 0 Å². The molecule has 1 saturated carbocycles. The first-order valence-electron chi connectivity index (χ1n) is 7.46. The van der Waals surface area contributed by atoms with Crippen LogP contribution in [0.4, 0.5) is 5.82 Å². The molecule has 2 unspecified atom stereocenters. The van der Waals surface area contributed by atoms with Crippen LogP contribution in [0.1, 0.15) is 38.5 Å². The number of nitrogens with one attached hydrogen (secondary N) is 1. The molecule has 1 saturated heterocycles. The van der Waals surface area contributed by atoms with Gasteiger partial charge in [0.2, 0.25) is 5.28 Å². The van der Waals surface area contributed by atoms with Gasteiger partial charge in [0.05, 0.1) is 11.6 Å². The van der Waals surface area contributed by atoms with Crippen molar-refractivity contribution in [1.82, 2.24) is 20.2 Å². The fourth-order valence-corrected chi connectivity index (χ4v) is 4.06. The minimum absolute atomic E-state index is 0.301. The molecule has 0 bridgehead atoms. The largest absolute Gasteiger partial charge is 0.353 e. The Kier molecular flexibility index (Phi) is 3.02. The summed E-state index contributed by atoms with van der Waals surface area (Å²) in [6, 6.07) is 0.613. The van der Waals surface area contributed by atoms with E-state index in [0.29, 0.717) is 11.3 Å². The third-order valence-electron chi connectivity index (χ3n) is 4.78. The highest BCUT2D eigenvalue weighted by Crippen LogP contribution is 2.38. The summed E-state index contributed by atoms with van der Waals surface area (Å²) in [5.41, 5.74) is 0.734. The fourth-order valence-electron chi connectivity index (χ4n) is 3.90. The molecule has 2 atom stereocenters. The van der Waals surface area contributed by atoms with E-state index in [2.05, 4.69) is 25.1 Å². The van der Waals surface area contributed by atoms with Gasteiger partial charge < -0.3 is 4.90 Å². The molecular weight excluding hydrogens is 274 g/mol. The zero-order valence-electron chi connectivity index (χ0n) is 11.3. The van der Waals surface area contributed by atoms with Gasteiger partial charge in [0.25, 0.3) is 0 Å². The third kappa shape index (κ3) is 1.95. The number of hydrogen-bond acceptors (Lipinski definition) is 4. The van der Waals surface area contributed by atoms with E-state index in [1.807, 2.05) is 6.20 Å². The van der Waals surface area contributed by atoms with Crippen molar-refractivity contribution in [2.45, 2.75) is 44.6 Å². The van der Waals surface area contributed by atoms with Crippen molar-refractivity contribution in [2.24, 2.45) is 5.92 Å². The predicted molar refractivity (Wildman–Crippen MR) is 79.0 cm³/mol. The van der Waals surface area contributed by atoms with Gasteiger partial charge in [-0.15, -0.1) is 0 Å². The normalized spacial score (nSPS) is 26.8. The van der Waals surface area contributed by atoms with Crippen LogP contribution in [0.3, 0.4) is 0 Å². The summed E-state index contributed by atoms with van der Waals surface area (Å²) in [6.45, 7) is 1.06. The molecule has 0 amide bonds. The number of anilines is 1. The lowest BCUT2D eigenvalue weighted by Crippen LogP contribution is -2.47. The topological polar surface area (TPSA) is 57.7 Å². The summed E-state index contributed by atoms with van der Waals surface area (Å²) in [5.74, 6) is 1.78. The molecule has 0 aromatic carbocycles. The Morgan fingerprint density at radius 2 is 2.00 bits per heavy atom. The molecule has 106 valence electrons. The number of rotatable bonds is 1. The van der Waals surface area contributed by atoms with Gasteiger partial charge in [-0.1, -0.05) is 12.8 Å². The van der Waals surface area contributed by atoms with Gasteiger partial charge in [-0.2, -0.15) is 15.1 Å². The standard InChI is InChI=1S/C14H18ClN5/c15-14-17-12-10(8-16-19-12)13(18-14)20-7-3-5-9-4-1-2-6-11(9)20/h8-9,11H,1-7H2,(H,16,17,18,19). The van der Waals surface area contributed by atoms with Crippen molar-refractivity contribution < 1.29 is 0 Å². The van der Waals surface area contributed by atoms with Crippen molar-refractivity contribution >= 4 is 28.5 Å².